The minimum Gasteiger partial charge on any atom is -0.462 e. The van der Waals surface area contributed by atoms with Crippen LogP contribution in [0.3, 0.4) is 0 Å². The van der Waals surface area contributed by atoms with Gasteiger partial charge in [0.05, 0.1) is 0 Å². The van der Waals surface area contributed by atoms with Gasteiger partial charge in [-0.15, -0.1) is 0 Å². The van der Waals surface area contributed by atoms with Crippen LogP contribution in [0.5, 0.6) is 0 Å². The summed E-state index contributed by atoms with van der Waals surface area (Å²) in [7, 11) is 0. The van der Waals surface area contributed by atoms with Gasteiger partial charge in [0.15, 0.2) is 0 Å². The lowest BCUT2D eigenvalue weighted by atomic mass is 10.1. The summed E-state index contributed by atoms with van der Waals surface area (Å²) in [5.41, 5.74) is 0. The number of ether oxygens (including phenoxy) is 1. The number of hydrogen-bond donors (Lipinski definition) is 0. The van der Waals surface area contributed by atoms with Crippen molar-refractivity contribution in [2.24, 2.45) is 0 Å². The van der Waals surface area contributed by atoms with E-state index in [1.807, 2.05) is 26.0 Å². The molecular weight excluding hydrogens is 192 g/mol. The minimum atomic E-state index is -0.408. The second-order valence-electron chi connectivity index (χ2n) is 3.55. The van der Waals surface area contributed by atoms with Gasteiger partial charge in [0.2, 0.25) is 0 Å². The first-order valence-electron chi connectivity index (χ1n) is 5.40. The molecule has 0 aliphatic carbocycles. The lowest BCUT2D eigenvalue weighted by Crippen LogP contribution is -2.18. The largest absolute Gasteiger partial charge is 0.462 e. The van der Waals surface area contributed by atoms with Crippen LogP contribution in [0.15, 0.2) is 12.2 Å². The first-order valence-corrected chi connectivity index (χ1v) is 5.40. The zero-order chi connectivity index (χ0) is 11.7. The van der Waals surface area contributed by atoms with Crippen LogP contribution in [-0.4, -0.2) is 17.9 Å². The van der Waals surface area contributed by atoms with Crippen LogP contribution in [0.1, 0.15) is 46.5 Å². The fraction of sp³-hybridized carbons (Fsp3) is 0.667. The molecule has 0 aromatic rings. The van der Waals surface area contributed by atoms with Crippen molar-refractivity contribution in [3.63, 3.8) is 0 Å². The molecule has 0 rings (SSSR count). The van der Waals surface area contributed by atoms with Gasteiger partial charge in [-0.1, -0.05) is 19.1 Å². The summed E-state index contributed by atoms with van der Waals surface area (Å²) in [6, 6.07) is 0. The standard InChI is InChI=1S/C12H20O3/c1-4-6-7-8-11(5-2)15-12(14)9-10(3)13/h4,6,11H,5,7-9H2,1-3H3/t11-/m0/s1. The second-order valence-corrected chi connectivity index (χ2v) is 3.55. The molecule has 0 aliphatic rings. The van der Waals surface area contributed by atoms with E-state index in [0.717, 1.165) is 19.3 Å². The monoisotopic (exact) mass is 212 g/mol. The maximum Gasteiger partial charge on any atom is 0.313 e. The van der Waals surface area contributed by atoms with Crippen molar-refractivity contribution in [2.75, 3.05) is 0 Å². The number of Topliss-reactive ketones (excluding diaryl/α,β-unsaturated/α-hetero) is 1. The molecule has 86 valence electrons. The van der Waals surface area contributed by atoms with Crippen LogP contribution in [0, 0.1) is 0 Å². The smallest absolute Gasteiger partial charge is 0.313 e. The molecule has 3 nitrogen and oxygen atoms in total. The highest BCUT2D eigenvalue weighted by atomic mass is 16.5. The Morgan fingerprint density at radius 1 is 1.40 bits per heavy atom. The molecule has 0 radical (unpaired) electrons. The molecule has 0 saturated heterocycles. The Kier molecular flexibility index (Phi) is 7.60. The molecule has 0 heterocycles. The van der Waals surface area contributed by atoms with E-state index in [1.165, 1.54) is 6.92 Å². The molecule has 0 bridgehead atoms. The zero-order valence-electron chi connectivity index (χ0n) is 9.79. The van der Waals surface area contributed by atoms with Gasteiger partial charge in [-0.25, -0.2) is 0 Å². The van der Waals surface area contributed by atoms with Gasteiger partial charge in [0, 0.05) is 0 Å². The highest BCUT2D eigenvalue weighted by Crippen LogP contribution is 2.08. The summed E-state index contributed by atoms with van der Waals surface area (Å²) < 4.78 is 5.16. The van der Waals surface area contributed by atoms with E-state index in [0.29, 0.717) is 0 Å². The maximum atomic E-state index is 11.2. The van der Waals surface area contributed by atoms with Gasteiger partial charge >= 0.3 is 5.97 Å². The van der Waals surface area contributed by atoms with Crippen molar-refractivity contribution in [1.29, 1.82) is 0 Å². The molecule has 0 saturated carbocycles. The molecule has 0 N–H and O–H groups in total. The summed E-state index contributed by atoms with van der Waals surface area (Å²) in [4.78, 5) is 21.9. The average Bonchev–Trinajstić information content (AvgIpc) is 2.15. The number of rotatable bonds is 7. The molecule has 0 aromatic heterocycles. The summed E-state index contributed by atoms with van der Waals surface area (Å²) in [6.07, 6.45) is 6.37. The van der Waals surface area contributed by atoms with Crippen molar-refractivity contribution in [1.82, 2.24) is 0 Å². The molecule has 1 atom stereocenters. The van der Waals surface area contributed by atoms with Crippen LogP contribution >= 0.6 is 0 Å². The third-order valence-electron chi connectivity index (χ3n) is 2.04. The van der Waals surface area contributed by atoms with Crippen molar-refractivity contribution < 1.29 is 14.3 Å². The topological polar surface area (TPSA) is 43.4 Å². The van der Waals surface area contributed by atoms with E-state index in [2.05, 4.69) is 0 Å². The number of carbonyl (C=O) groups is 2. The van der Waals surface area contributed by atoms with Gasteiger partial charge in [-0.3, -0.25) is 9.59 Å². The molecule has 15 heavy (non-hydrogen) atoms. The van der Waals surface area contributed by atoms with Gasteiger partial charge < -0.3 is 4.74 Å². The molecule has 0 fully saturated rings. The van der Waals surface area contributed by atoms with E-state index in [4.69, 9.17) is 4.74 Å². The van der Waals surface area contributed by atoms with Crippen LogP contribution in [0.25, 0.3) is 0 Å². The van der Waals surface area contributed by atoms with E-state index < -0.39 is 5.97 Å². The fourth-order valence-electron chi connectivity index (χ4n) is 1.23. The maximum absolute atomic E-state index is 11.2. The van der Waals surface area contributed by atoms with E-state index in [-0.39, 0.29) is 18.3 Å². The Morgan fingerprint density at radius 3 is 2.53 bits per heavy atom. The molecular formula is C12H20O3. The lowest BCUT2D eigenvalue weighted by Gasteiger charge is -2.14. The average molecular weight is 212 g/mol. The molecule has 0 amide bonds. The Balaban J connectivity index is 3.87. The summed E-state index contributed by atoms with van der Waals surface area (Å²) in [5.74, 6) is -0.557. The third-order valence-corrected chi connectivity index (χ3v) is 2.04. The first kappa shape index (κ1) is 13.9. The lowest BCUT2D eigenvalue weighted by molar-refractivity contribution is -0.151. The number of hydrogen-bond acceptors (Lipinski definition) is 3. The SMILES string of the molecule is CC=CCC[C@H](CC)OC(=O)CC(C)=O. The minimum absolute atomic E-state index is 0.0620. The quantitative estimate of drug-likeness (QED) is 0.370. The Labute approximate surface area is 91.5 Å². The van der Waals surface area contributed by atoms with Crippen molar-refractivity contribution in [3.05, 3.63) is 12.2 Å². The molecule has 0 unspecified atom stereocenters. The summed E-state index contributed by atoms with van der Waals surface area (Å²) in [5, 5.41) is 0. The van der Waals surface area contributed by atoms with Crippen molar-refractivity contribution >= 4 is 11.8 Å². The second kappa shape index (κ2) is 8.21. The Bertz CT molecular complexity index is 231. The highest BCUT2D eigenvalue weighted by Gasteiger charge is 2.13. The molecule has 0 spiro atoms. The zero-order valence-corrected chi connectivity index (χ0v) is 9.79. The van der Waals surface area contributed by atoms with Gasteiger partial charge in [0.25, 0.3) is 0 Å². The van der Waals surface area contributed by atoms with Crippen LogP contribution in [-0.2, 0) is 14.3 Å². The summed E-state index contributed by atoms with van der Waals surface area (Å²) in [6.45, 7) is 5.33. The van der Waals surface area contributed by atoms with Gasteiger partial charge in [-0.2, -0.15) is 0 Å². The van der Waals surface area contributed by atoms with E-state index in [1.54, 1.807) is 0 Å². The Morgan fingerprint density at radius 2 is 2.07 bits per heavy atom. The normalized spacial score (nSPS) is 12.7. The molecule has 0 aromatic carbocycles. The van der Waals surface area contributed by atoms with Crippen molar-refractivity contribution in [2.45, 2.75) is 52.6 Å². The Hall–Kier alpha value is -1.12. The van der Waals surface area contributed by atoms with Crippen LogP contribution < -0.4 is 0 Å². The highest BCUT2D eigenvalue weighted by molar-refractivity contribution is 5.94. The van der Waals surface area contributed by atoms with Crippen LogP contribution in [0.4, 0.5) is 0 Å². The number of allylic oxidation sites excluding steroid dienone is 2. The number of ketones is 1. The van der Waals surface area contributed by atoms with E-state index >= 15 is 0 Å². The predicted molar refractivity (Wildman–Crippen MR) is 59.5 cm³/mol. The fourth-order valence-corrected chi connectivity index (χ4v) is 1.23. The van der Waals surface area contributed by atoms with Crippen LogP contribution in [0.2, 0.25) is 0 Å². The van der Waals surface area contributed by atoms with Crippen molar-refractivity contribution in [3.8, 4) is 0 Å². The first-order chi connectivity index (χ1) is 7.10. The van der Waals surface area contributed by atoms with Gasteiger partial charge in [-0.05, 0) is 33.1 Å². The third kappa shape index (κ3) is 7.91. The molecule has 0 aliphatic heterocycles. The predicted octanol–water partition coefficient (Wildman–Crippen LogP) is 2.64. The summed E-state index contributed by atoms with van der Waals surface area (Å²) >= 11 is 0. The number of esters is 1. The molecule has 3 heteroatoms. The van der Waals surface area contributed by atoms with Gasteiger partial charge in [0.1, 0.15) is 18.3 Å². The number of carbonyl (C=O) groups excluding carboxylic acids is 2. The van der Waals surface area contributed by atoms with E-state index in [9.17, 15) is 9.59 Å².